The Bertz CT molecular complexity index is 692. The monoisotopic (exact) mass is 310 g/mol. The lowest BCUT2D eigenvalue weighted by Gasteiger charge is -2.12. The van der Waals surface area contributed by atoms with E-state index in [1.807, 2.05) is 0 Å². The highest BCUT2D eigenvalue weighted by Gasteiger charge is 2.16. The fourth-order valence-electron chi connectivity index (χ4n) is 1.72. The van der Waals surface area contributed by atoms with Crippen molar-refractivity contribution in [3.8, 4) is 0 Å². The summed E-state index contributed by atoms with van der Waals surface area (Å²) in [6.07, 6.45) is 0.634. The second-order valence-corrected chi connectivity index (χ2v) is 6.87. The first kappa shape index (κ1) is 15.5. The number of aromatic nitrogens is 2. The minimum atomic E-state index is -3.38. The molecule has 0 aliphatic heterocycles. The Morgan fingerprint density at radius 1 is 1.24 bits per heavy atom. The lowest BCUT2D eigenvalue weighted by molar-refractivity contribution is 0.387. The van der Waals surface area contributed by atoms with E-state index in [4.69, 9.17) is 4.52 Å². The van der Waals surface area contributed by atoms with Crippen LogP contribution in [0, 0.1) is 6.92 Å². The summed E-state index contributed by atoms with van der Waals surface area (Å²) in [6.45, 7) is 2.38. The first-order valence-electron chi connectivity index (χ1n) is 6.45. The van der Waals surface area contributed by atoms with Gasteiger partial charge in [-0.3, -0.25) is 0 Å². The first-order chi connectivity index (χ1) is 9.89. The Kier molecular flexibility index (Phi) is 4.59. The number of hydrogen-bond acceptors (Lipinski definition) is 6. The standard InChI is InChI=1S/C13H18N4O3S/c1-10-15-13(16-20-10)8-9-14-11-4-6-12(7-5-11)21(18,19)17(2)3/h4-7,14H,8-9H2,1-3H3. The van der Waals surface area contributed by atoms with Crippen LogP contribution in [0.2, 0.25) is 0 Å². The van der Waals surface area contributed by atoms with Crippen molar-refractivity contribution in [1.82, 2.24) is 14.4 Å². The van der Waals surface area contributed by atoms with Gasteiger partial charge in [0, 0.05) is 39.7 Å². The molecule has 0 amide bonds. The topological polar surface area (TPSA) is 88.3 Å². The summed E-state index contributed by atoms with van der Waals surface area (Å²) in [6, 6.07) is 6.63. The number of sulfonamides is 1. The zero-order chi connectivity index (χ0) is 15.5. The van der Waals surface area contributed by atoms with Gasteiger partial charge in [0.2, 0.25) is 15.9 Å². The quantitative estimate of drug-likeness (QED) is 0.864. The third kappa shape index (κ3) is 3.79. The number of benzene rings is 1. The van der Waals surface area contributed by atoms with Gasteiger partial charge >= 0.3 is 0 Å². The molecular weight excluding hydrogens is 292 g/mol. The van der Waals surface area contributed by atoms with Crippen LogP contribution in [0.3, 0.4) is 0 Å². The molecule has 1 heterocycles. The predicted octanol–water partition coefficient (Wildman–Crippen LogP) is 1.28. The number of nitrogens with zero attached hydrogens (tertiary/aromatic N) is 3. The molecule has 0 aliphatic rings. The average Bonchev–Trinajstić information content (AvgIpc) is 2.85. The fraction of sp³-hybridized carbons (Fsp3) is 0.385. The minimum Gasteiger partial charge on any atom is -0.385 e. The van der Waals surface area contributed by atoms with Crippen molar-refractivity contribution >= 4 is 15.7 Å². The molecule has 1 N–H and O–H groups in total. The summed E-state index contributed by atoms with van der Waals surface area (Å²) in [5.41, 5.74) is 0.841. The van der Waals surface area contributed by atoms with Crippen molar-refractivity contribution in [3.63, 3.8) is 0 Å². The van der Waals surface area contributed by atoms with Gasteiger partial charge in [-0.15, -0.1) is 0 Å². The summed E-state index contributed by atoms with van der Waals surface area (Å²) in [5.74, 6) is 1.19. The molecule has 0 unspecified atom stereocenters. The second-order valence-electron chi connectivity index (χ2n) is 4.72. The lowest BCUT2D eigenvalue weighted by atomic mass is 10.3. The Morgan fingerprint density at radius 2 is 1.90 bits per heavy atom. The Hall–Kier alpha value is -1.93. The smallest absolute Gasteiger partial charge is 0.242 e. The molecule has 0 bridgehead atoms. The zero-order valence-corrected chi connectivity index (χ0v) is 13.0. The molecule has 8 heteroatoms. The largest absolute Gasteiger partial charge is 0.385 e. The van der Waals surface area contributed by atoms with Crippen molar-refractivity contribution in [2.45, 2.75) is 18.2 Å². The molecule has 21 heavy (non-hydrogen) atoms. The van der Waals surface area contributed by atoms with Crippen LogP contribution in [0.15, 0.2) is 33.7 Å². The maximum Gasteiger partial charge on any atom is 0.242 e. The highest BCUT2D eigenvalue weighted by molar-refractivity contribution is 7.89. The Labute approximate surface area is 124 Å². The van der Waals surface area contributed by atoms with Gasteiger partial charge in [-0.2, -0.15) is 4.98 Å². The van der Waals surface area contributed by atoms with Crippen LogP contribution in [-0.4, -0.2) is 43.5 Å². The zero-order valence-electron chi connectivity index (χ0n) is 12.2. The number of rotatable bonds is 6. The summed E-state index contributed by atoms with van der Waals surface area (Å²) in [7, 11) is -0.365. The molecule has 0 spiro atoms. The Balaban J connectivity index is 1.94. The van der Waals surface area contributed by atoms with Gasteiger partial charge < -0.3 is 9.84 Å². The molecule has 0 saturated carbocycles. The van der Waals surface area contributed by atoms with Gasteiger partial charge in [-0.05, 0) is 24.3 Å². The van der Waals surface area contributed by atoms with Gasteiger partial charge in [0.05, 0.1) is 4.90 Å². The predicted molar refractivity (Wildman–Crippen MR) is 78.5 cm³/mol. The van der Waals surface area contributed by atoms with Crippen LogP contribution in [0.5, 0.6) is 0 Å². The summed E-state index contributed by atoms with van der Waals surface area (Å²) >= 11 is 0. The first-order valence-corrected chi connectivity index (χ1v) is 7.89. The number of anilines is 1. The molecule has 0 aliphatic carbocycles. The van der Waals surface area contributed by atoms with Gasteiger partial charge in [-0.1, -0.05) is 5.16 Å². The minimum absolute atomic E-state index is 0.270. The molecule has 0 radical (unpaired) electrons. The van der Waals surface area contributed by atoms with Crippen LogP contribution >= 0.6 is 0 Å². The van der Waals surface area contributed by atoms with Crippen LogP contribution in [0.25, 0.3) is 0 Å². The van der Waals surface area contributed by atoms with E-state index < -0.39 is 10.0 Å². The maximum absolute atomic E-state index is 11.9. The summed E-state index contributed by atoms with van der Waals surface area (Å²) in [5, 5.41) is 6.98. The second kappa shape index (κ2) is 6.23. The highest BCUT2D eigenvalue weighted by Crippen LogP contribution is 2.16. The van der Waals surface area contributed by atoms with E-state index in [-0.39, 0.29) is 4.90 Å². The van der Waals surface area contributed by atoms with Crippen LogP contribution in [-0.2, 0) is 16.4 Å². The van der Waals surface area contributed by atoms with Gasteiger partial charge in [0.25, 0.3) is 0 Å². The van der Waals surface area contributed by atoms with Crippen LogP contribution in [0.1, 0.15) is 11.7 Å². The number of hydrogen-bond donors (Lipinski definition) is 1. The van der Waals surface area contributed by atoms with E-state index in [1.165, 1.54) is 18.4 Å². The van der Waals surface area contributed by atoms with Crippen molar-refractivity contribution < 1.29 is 12.9 Å². The normalized spacial score (nSPS) is 11.8. The van der Waals surface area contributed by atoms with E-state index in [0.717, 1.165) is 5.69 Å². The fourth-order valence-corrected chi connectivity index (χ4v) is 2.62. The van der Waals surface area contributed by atoms with E-state index >= 15 is 0 Å². The molecular formula is C13H18N4O3S. The van der Waals surface area contributed by atoms with E-state index in [0.29, 0.717) is 24.7 Å². The van der Waals surface area contributed by atoms with Crippen molar-refractivity contribution in [2.75, 3.05) is 26.0 Å². The maximum atomic E-state index is 11.9. The van der Waals surface area contributed by atoms with Crippen molar-refractivity contribution in [3.05, 3.63) is 36.0 Å². The van der Waals surface area contributed by atoms with Crippen LogP contribution in [0.4, 0.5) is 5.69 Å². The average molecular weight is 310 g/mol. The molecule has 2 rings (SSSR count). The molecule has 0 atom stereocenters. The molecule has 0 saturated heterocycles. The van der Waals surface area contributed by atoms with Crippen molar-refractivity contribution in [1.29, 1.82) is 0 Å². The van der Waals surface area contributed by atoms with Gasteiger partial charge in [0.15, 0.2) is 5.82 Å². The Morgan fingerprint density at radius 3 is 2.43 bits per heavy atom. The molecule has 1 aromatic carbocycles. The molecule has 2 aromatic rings. The molecule has 0 fully saturated rings. The van der Waals surface area contributed by atoms with Gasteiger partial charge in [0.1, 0.15) is 0 Å². The summed E-state index contributed by atoms with van der Waals surface area (Å²) in [4.78, 5) is 4.38. The van der Waals surface area contributed by atoms with Gasteiger partial charge in [-0.25, -0.2) is 12.7 Å². The third-order valence-electron chi connectivity index (χ3n) is 2.88. The van der Waals surface area contributed by atoms with Crippen molar-refractivity contribution in [2.24, 2.45) is 0 Å². The number of nitrogens with one attached hydrogen (secondary N) is 1. The third-order valence-corrected chi connectivity index (χ3v) is 4.71. The number of aryl methyl sites for hydroxylation is 1. The lowest BCUT2D eigenvalue weighted by Crippen LogP contribution is -2.22. The molecule has 114 valence electrons. The van der Waals surface area contributed by atoms with E-state index in [9.17, 15) is 8.42 Å². The molecule has 7 nitrogen and oxygen atoms in total. The molecule has 1 aromatic heterocycles. The van der Waals surface area contributed by atoms with E-state index in [1.54, 1.807) is 31.2 Å². The van der Waals surface area contributed by atoms with E-state index in [2.05, 4.69) is 15.5 Å². The SMILES string of the molecule is Cc1nc(CCNc2ccc(S(=O)(=O)N(C)C)cc2)no1. The highest BCUT2D eigenvalue weighted by atomic mass is 32.2. The van der Waals surface area contributed by atoms with Crippen LogP contribution < -0.4 is 5.32 Å². The summed E-state index contributed by atoms with van der Waals surface area (Å²) < 4.78 is 29.9.